The number of nitrogen functional groups attached to an aromatic ring is 1. The van der Waals surface area contributed by atoms with Gasteiger partial charge in [-0.05, 0) is 51.3 Å². The molecule has 1 saturated heterocycles. The molecule has 1 aliphatic rings. The number of hydrogen-bond donors (Lipinski definition) is 2. The van der Waals surface area contributed by atoms with Gasteiger partial charge in [0.15, 0.2) is 5.69 Å². The quantitative estimate of drug-likeness (QED) is 0.667. The van der Waals surface area contributed by atoms with E-state index in [0.29, 0.717) is 31.4 Å². The van der Waals surface area contributed by atoms with Gasteiger partial charge >= 0.3 is 12.1 Å². The lowest BCUT2D eigenvalue weighted by molar-refractivity contribution is 0.0198. The van der Waals surface area contributed by atoms with Gasteiger partial charge in [0, 0.05) is 37.6 Å². The molecule has 3 rings (SSSR count). The van der Waals surface area contributed by atoms with E-state index in [1.54, 1.807) is 9.47 Å². The number of carbonyl (C=O) groups excluding carboxylic acids is 2. The number of rotatable bonds is 5. The Morgan fingerprint density at radius 2 is 1.85 bits per heavy atom. The summed E-state index contributed by atoms with van der Waals surface area (Å²) in [6, 6.07) is 9.97. The van der Waals surface area contributed by atoms with E-state index >= 15 is 0 Å². The highest BCUT2D eigenvalue weighted by molar-refractivity contribution is 5.95. The number of nitrogens with two attached hydrogens (primary N) is 1. The molecule has 0 radical (unpaired) electrons. The zero-order valence-electron chi connectivity index (χ0n) is 19.6. The van der Waals surface area contributed by atoms with Gasteiger partial charge in [-0.1, -0.05) is 12.1 Å². The molecule has 9 nitrogen and oxygen atoms in total. The second-order valence-corrected chi connectivity index (χ2v) is 9.07. The molecule has 1 aliphatic heterocycles. The molecule has 2 heterocycles. The summed E-state index contributed by atoms with van der Waals surface area (Å²) >= 11 is 0. The summed E-state index contributed by atoms with van der Waals surface area (Å²) < 4.78 is 11.8. The fraction of sp³-hybridized carbons (Fsp3) is 0.458. The van der Waals surface area contributed by atoms with Crippen LogP contribution in [-0.2, 0) is 16.0 Å². The van der Waals surface area contributed by atoms with E-state index in [2.05, 4.69) is 5.32 Å². The number of esters is 1. The number of anilines is 1. The average molecular weight is 454 g/mol. The summed E-state index contributed by atoms with van der Waals surface area (Å²) in [5.74, 6) is -0.600. The lowest BCUT2D eigenvalue weighted by atomic mass is 10.0. The first-order valence-electron chi connectivity index (χ1n) is 10.9. The van der Waals surface area contributed by atoms with Gasteiger partial charge in [0.2, 0.25) is 0 Å². The Bertz CT molecular complexity index is 1040. The predicted octanol–water partition coefficient (Wildman–Crippen LogP) is 3.21. The van der Waals surface area contributed by atoms with Crippen molar-refractivity contribution >= 4 is 17.7 Å². The topological polar surface area (TPSA) is 123 Å². The van der Waals surface area contributed by atoms with Gasteiger partial charge in [-0.25, -0.2) is 9.59 Å². The van der Waals surface area contributed by atoms with Gasteiger partial charge in [0.05, 0.1) is 18.4 Å². The van der Waals surface area contributed by atoms with Crippen molar-refractivity contribution in [3.05, 3.63) is 47.3 Å². The number of piperidine rings is 1. The molecule has 0 aliphatic carbocycles. The minimum Gasteiger partial charge on any atom is -0.464 e. The molecule has 0 bridgehead atoms. The normalized spacial score (nSPS) is 14.6. The fourth-order valence-corrected chi connectivity index (χ4v) is 3.75. The minimum atomic E-state index is -0.600. The number of nitriles is 1. The Morgan fingerprint density at radius 1 is 1.21 bits per heavy atom. The van der Waals surface area contributed by atoms with Crippen molar-refractivity contribution in [3.8, 4) is 11.8 Å². The lowest BCUT2D eigenvalue weighted by Gasteiger charge is -2.33. The molecule has 33 heavy (non-hydrogen) atoms. The Balaban J connectivity index is 1.58. The number of nitrogens with one attached hydrogen (secondary N) is 1. The molecule has 0 atom stereocenters. The van der Waals surface area contributed by atoms with Gasteiger partial charge < -0.3 is 30.0 Å². The van der Waals surface area contributed by atoms with E-state index in [1.807, 2.05) is 51.1 Å². The molecule has 0 saturated carbocycles. The SMILES string of the molecule is COC(=O)c1c(N)c(C#N)cn1-c1ccc(CNC2CCN(C(=O)OC(C)(C)C)CC2)cc1. The number of methoxy groups -OCH3 is 1. The molecule has 0 unspecified atom stereocenters. The molecule has 1 aromatic heterocycles. The van der Waals surface area contributed by atoms with Crippen LogP contribution in [-0.4, -0.2) is 53.4 Å². The van der Waals surface area contributed by atoms with Crippen LogP contribution in [0.5, 0.6) is 0 Å². The number of amides is 1. The van der Waals surface area contributed by atoms with Gasteiger partial charge in [0.25, 0.3) is 0 Å². The van der Waals surface area contributed by atoms with Crippen LogP contribution in [0, 0.1) is 11.3 Å². The Morgan fingerprint density at radius 3 is 2.39 bits per heavy atom. The summed E-state index contributed by atoms with van der Waals surface area (Å²) in [7, 11) is 1.28. The monoisotopic (exact) mass is 453 g/mol. The van der Waals surface area contributed by atoms with Gasteiger partial charge in [-0.2, -0.15) is 5.26 Å². The number of benzene rings is 1. The third-order valence-electron chi connectivity index (χ3n) is 5.50. The van der Waals surface area contributed by atoms with Crippen LogP contribution in [0.3, 0.4) is 0 Å². The maximum absolute atomic E-state index is 12.2. The average Bonchev–Trinajstić information content (AvgIpc) is 3.13. The summed E-state index contributed by atoms with van der Waals surface area (Å²) in [4.78, 5) is 26.1. The lowest BCUT2D eigenvalue weighted by Crippen LogP contribution is -2.46. The van der Waals surface area contributed by atoms with Crippen LogP contribution in [0.15, 0.2) is 30.5 Å². The van der Waals surface area contributed by atoms with Gasteiger partial charge in [0.1, 0.15) is 11.7 Å². The summed E-state index contributed by atoms with van der Waals surface area (Å²) in [6.07, 6.45) is 3.00. The number of carbonyl (C=O) groups is 2. The molecule has 9 heteroatoms. The number of likely N-dealkylation sites (tertiary alicyclic amines) is 1. The Labute approximate surface area is 194 Å². The van der Waals surface area contributed by atoms with E-state index in [9.17, 15) is 14.9 Å². The maximum atomic E-state index is 12.2. The molecule has 1 amide bonds. The van der Waals surface area contributed by atoms with Crippen LogP contribution in [0.4, 0.5) is 10.5 Å². The maximum Gasteiger partial charge on any atom is 0.410 e. The molecular weight excluding hydrogens is 422 g/mol. The van der Waals surface area contributed by atoms with Crippen LogP contribution in [0.2, 0.25) is 0 Å². The molecule has 2 aromatic rings. The number of nitrogens with zero attached hydrogens (tertiary/aromatic N) is 3. The standard InChI is InChI=1S/C24H31N5O4/c1-24(2,3)33-23(31)28-11-9-18(10-12-28)27-14-16-5-7-19(8-6-16)29-15-17(13-25)20(26)21(29)22(30)32-4/h5-8,15,18,27H,9-12,14,26H2,1-4H3. The summed E-state index contributed by atoms with van der Waals surface area (Å²) in [5.41, 5.74) is 7.72. The smallest absolute Gasteiger partial charge is 0.410 e. The van der Waals surface area contributed by atoms with Crippen molar-refractivity contribution in [2.75, 3.05) is 25.9 Å². The van der Waals surface area contributed by atoms with Crippen molar-refractivity contribution < 1.29 is 19.1 Å². The van der Waals surface area contributed by atoms with Crippen LogP contribution >= 0.6 is 0 Å². The molecule has 0 spiro atoms. The fourth-order valence-electron chi connectivity index (χ4n) is 3.75. The highest BCUT2D eigenvalue weighted by Gasteiger charge is 2.26. The van der Waals surface area contributed by atoms with Gasteiger partial charge in [-0.15, -0.1) is 0 Å². The van der Waals surface area contributed by atoms with Crippen LogP contribution < -0.4 is 11.1 Å². The predicted molar refractivity (Wildman–Crippen MR) is 124 cm³/mol. The number of aromatic nitrogens is 1. The Kier molecular flexibility index (Phi) is 7.29. The van der Waals surface area contributed by atoms with E-state index < -0.39 is 11.6 Å². The minimum absolute atomic E-state index is 0.104. The third-order valence-corrected chi connectivity index (χ3v) is 5.50. The first-order valence-corrected chi connectivity index (χ1v) is 10.9. The van der Waals surface area contributed by atoms with E-state index in [4.69, 9.17) is 15.2 Å². The third kappa shape index (κ3) is 5.84. The highest BCUT2D eigenvalue weighted by Crippen LogP contribution is 2.25. The van der Waals surface area contributed by atoms with Crippen molar-refractivity contribution in [2.45, 2.75) is 51.8 Å². The van der Waals surface area contributed by atoms with E-state index in [1.165, 1.54) is 13.3 Å². The molecule has 1 aromatic carbocycles. The van der Waals surface area contributed by atoms with Crippen LogP contribution in [0.25, 0.3) is 5.69 Å². The largest absolute Gasteiger partial charge is 0.464 e. The zero-order chi connectivity index (χ0) is 24.2. The van der Waals surface area contributed by atoms with Gasteiger partial charge in [-0.3, -0.25) is 0 Å². The van der Waals surface area contributed by atoms with Crippen molar-refractivity contribution in [2.24, 2.45) is 0 Å². The zero-order valence-corrected chi connectivity index (χ0v) is 19.6. The summed E-state index contributed by atoms with van der Waals surface area (Å²) in [5, 5.41) is 12.8. The molecule has 3 N–H and O–H groups in total. The Hall–Kier alpha value is -3.51. The van der Waals surface area contributed by atoms with Crippen molar-refractivity contribution in [1.82, 2.24) is 14.8 Å². The molecule has 1 fully saturated rings. The summed E-state index contributed by atoms with van der Waals surface area (Å²) in [6.45, 7) is 7.62. The first-order chi connectivity index (χ1) is 15.6. The second kappa shape index (κ2) is 9.96. The highest BCUT2D eigenvalue weighted by atomic mass is 16.6. The van der Waals surface area contributed by atoms with Crippen molar-refractivity contribution in [1.29, 1.82) is 5.26 Å². The first kappa shape index (κ1) is 24.1. The second-order valence-electron chi connectivity index (χ2n) is 9.07. The molecule has 176 valence electrons. The number of ether oxygens (including phenoxy) is 2. The molecular formula is C24H31N5O4. The van der Waals surface area contributed by atoms with E-state index in [0.717, 1.165) is 18.4 Å². The number of hydrogen-bond acceptors (Lipinski definition) is 7. The van der Waals surface area contributed by atoms with Crippen LogP contribution in [0.1, 0.15) is 55.2 Å². The van der Waals surface area contributed by atoms with E-state index in [-0.39, 0.29) is 23.0 Å². The van der Waals surface area contributed by atoms with Crippen molar-refractivity contribution in [3.63, 3.8) is 0 Å².